The lowest BCUT2D eigenvalue weighted by Gasteiger charge is -2.15. The van der Waals surface area contributed by atoms with Crippen molar-refractivity contribution in [1.29, 1.82) is 0 Å². The molecule has 1 unspecified atom stereocenters. The maximum Gasteiger partial charge on any atom is 0.219 e. The van der Waals surface area contributed by atoms with Crippen LogP contribution in [0, 0.1) is 5.82 Å². The van der Waals surface area contributed by atoms with Crippen LogP contribution in [0.3, 0.4) is 0 Å². The summed E-state index contributed by atoms with van der Waals surface area (Å²) in [5, 5.41) is 2.92. The molecule has 6 heteroatoms. The van der Waals surface area contributed by atoms with Gasteiger partial charge in [0, 0.05) is 18.5 Å². The molecule has 0 bridgehead atoms. The molecule has 0 aliphatic rings. The molecule has 0 heterocycles. The maximum absolute atomic E-state index is 13.2. The Bertz CT molecular complexity index is 411. The molecule has 1 aromatic carbocycles. The maximum atomic E-state index is 13.2. The third-order valence-corrected chi connectivity index (χ3v) is 2.61. The Hall–Kier alpha value is -1.30. The van der Waals surface area contributed by atoms with Gasteiger partial charge in [0.2, 0.25) is 5.91 Å². The number of anilines is 2. The SMILES string of the molecule is CC(CC(N)=O)Nc1cc(F)c(Br)cc1N. The minimum absolute atomic E-state index is 0.164. The van der Waals surface area contributed by atoms with Gasteiger partial charge in [0.05, 0.1) is 15.8 Å². The predicted molar refractivity (Wildman–Crippen MR) is 65.4 cm³/mol. The molecule has 0 spiro atoms. The zero-order valence-corrected chi connectivity index (χ0v) is 10.3. The first-order valence-electron chi connectivity index (χ1n) is 4.69. The van der Waals surface area contributed by atoms with Crippen LogP contribution in [0.2, 0.25) is 0 Å². The van der Waals surface area contributed by atoms with Crippen molar-refractivity contribution in [2.45, 2.75) is 19.4 Å². The van der Waals surface area contributed by atoms with E-state index in [9.17, 15) is 9.18 Å². The smallest absolute Gasteiger partial charge is 0.219 e. The number of rotatable bonds is 4. The van der Waals surface area contributed by atoms with E-state index in [1.807, 2.05) is 0 Å². The van der Waals surface area contributed by atoms with Crippen LogP contribution in [-0.4, -0.2) is 11.9 Å². The van der Waals surface area contributed by atoms with Crippen molar-refractivity contribution in [2.75, 3.05) is 11.1 Å². The number of benzene rings is 1. The zero-order chi connectivity index (χ0) is 12.3. The lowest BCUT2D eigenvalue weighted by atomic mass is 10.2. The van der Waals surface area contributed by atoms with Crippen LogP contribution in [0.25, 0.3) is 0 Å². The number of amides is 1. The van der Waals surface area contributed by atoms with E-state index in [-0.39, 0.29) is 12.5 Å². The van der Waals surface area contributed by atoms with E-state index < -0.39 is 11.7 Å². The third-order valence-electron chi connectivity index (χ3n) is 2.00. The molecular formula is C10H13BrFN3O. The minimum Gasteiger partial charge on any atom is -0.397 e. The second-order valence-electron chi connectivity index (χ2n) is 3.57. The largest absolute Gasteiger partial charge is 0.397 e. The van der Waals surface area contributed by atoms with Crippen molar-refractivity contribution < 1.29 is 9.18 Å². The number of carbonyl (C=O) groups excluding carboxylic acids is 1. The predicted octanol–water partition coefficient (Wildman–Crippen LogP) is 1.85. The highest BCUT2D eigenvalue weighted by molar-refractivity contribution is 9.10. The molecule has 0 saturated heterocycles. The summed E-state index contributed by atoms with van der Waals surface area (Å²) in [7, 11) is 0. The second-order valence-corrected chi connectivity index (χ2v) is 4.42. The molecule has 0 aliphatic heterocycles. The Morgan fingerprint density at radius 2 is 2.25 bits per heavy atom. The van der Waals surface area contributed by atoms with Crippen molar-refractivity contribution in [1.82, 2.24) is 0 Å². The fourth-order valence-corrected chi connectivity index (χ4v) is 1.67. The molecule has 0 radical (unpaired) electrons. The zero-order valence-electron chi connectivity index (χ0n) is 8.76. The fraction of sp³-hybridized carbons (Fsp3) is 0.300. The highest BCUT2D eigenvalue weighted by atomic mass is 79.9. The number of halogens is 2. The highest BCUT2D eigenvalue weighted by Gasteiger charge is 2.10. The third kappa shape index (κ3) is 3.37. The lowest BCUT2D eigenvalue weighted by molar-refractivity contribution is -0.118. The van der Waals surface area contributed by atoms with Crippen LogP contribution >= 0.6 is 15.9 Å². The molecule has 16 heavy (non-hydrogen) atoms. The Morgan fingerprint density at radius 1 is 1.62 bits per heavy atom. The van der Waals surface area contributed by atoms with Gasteiger partial charge in [0.15, 0.2) is 0 Å². The summed E-state index contributed by atoms with van der Waals surface area (Å²) in [4.78, 5) is 10.7. The fourth-order valence-electron chi connectivity index (χ4n) is 1.31. The van der Waals surface area contributed by atoms with Gasteiger partial charge in [0.25, 0.3) is 0 Å². The summed E-state index contributed by atoms with van der Waals surface area (Å²) in [5.74, 6) is -0.834. The Labute approximate surface area is 101 Å². The number of nitrogens with two attached hydrogens (primary N) is 2. The van der Waals surface area contributed by atoms with E-state index in [4.69, 9.17) is 11.5 Å². The molecule has 0 aliphatic carbocycles. The molecular weight excluding hydrogens is 277 g/mol. The van der Waals surface area contributed by atoms with E-state index in [2.05, 4.69) is 21.2 Å². The van der Waals surface area contributed by atoms with Crippen LogP contribution in [0.4, 0.5) is 15.8 Å². The van der Waals surface area contributed by atoms with Gasteiger partial charge in [0.1, 0.15) is 5.82 Å². The second kappa shape index (κ2) is 5.16. The van der Waals surface area contributed by atoms with Crippen molar-refractivity contribution in [3.8, 4) is 0 Å². The number of primary amides is 1. The number of carbonyl (C=O) groups is 1. The van der Waals surface area contributed by atoms with Crippen LogP contribution < -0.4 is 16.8 Å². The Morgan fingerprint density at radius 3 is 2.81 bits per heavy atom. The average molecular weight is 290 g/mol. The van der Waals surface area contributed by atoms with E-state index >= 15 is 0 Å². The van der Waals surface area contributed by atoms with Crippen LogP contribution in [0.15, 0.2) is 16.6 Å². The summed E-state index contributed by atoms with van der Waals surface area (Å²) in [6.07, 6.45) is 0.164. The topological polar surface area (TPSA) is 81.1 Å². The van der Waals surface area contributed by atoms with Gasteiger partial charge in [-0.15, -0.1) is 0 Å². The van der Waals surface area contributed by atoms with Gasteiger partial charge in [-0.1, -0.05) is 0 Å². The number of nitrogens with one attached hydrogen (secondary N) is 1. The van der Waals surface area contributed by atoms with Crippen molar-refractivity contribution in [2.24, 2.45) is 5.73 Å². The van der Waals surface area contributed by atoms with Gasteiger partial charge in [-0.3, -0.25) is 4.79 Å². The molecule has 88 valence electrons. The highest BCUT2D eigenvalue weighted by Crippen LogP contribution is 2.27. The first-order valence-corrected chi connectivity index (χ1v) is 5.48. The quantitative estimate of drug-likeness (QED) is 0.740. The normalized spacial score (nSPS) is 12.2. The van der Waals surface area contributed by atoms with Gasteiger partial charge in [-0.2, -0.15) is 0 Å². The minimum atomic E-state index is -0.420. The standard InChI is InChI=1S/C10H13BrFN3O/c1-5(2-10(14)16)15-9-4-7(12)6(11)3-8(9)13/h3-5,15H,2,13H2,1H3,(H2,14,16). The van der Waals surface area contributed by atoms with Gasteiger partial charge < -0.3 is 16.8 Å². The Kier molecular flexibility index (Phi) is 4.12. The summed E-state index contributed by atoms with van der Waals surface area (Å²) in [5.41, 5.74) is 11.6. The van der Waals surface area contributed by atoms with Crippen LogP contribution in [0.5, 0.6) is 0 Å². The van der Waals surface area contributed by atoms with Crippen molar-refractivity contribution in [3.63, 3.8) is 0 Å². The molecule has 1 rings (SSSR count). The molecule has 5 N–H and O–H groups in total. The molecule has 1 aromatic rings. The summed E-state index contributed by atoms with van der Waals surface area (Å²) in [6.45, 7) is 1.77. The number of nitrogen functional groups attached to an aromatic ring is 1. The van der Waals surface area contributed by atoms with Gasteiger partial charge in [-0.25, -0.2) is 4.39 Å². The molecule has 1 atom stereocenters. The van der Waals surface area contributed by atoms with Crippen LogP contribution in [-0.2, 0) is 4.79 Å². The van der Waals surface area contributed by atoms with E-state index in [0.29, 0.717) is 15.8 Å². The molecule has 0 saturated carbocycles. The Balaban J connectivity index is 2.81. The van der Waals surface area contributed by atoms with Gasteiger partial charge in [-0.05, 0) is 28.9 Å². The lowest BCUT2D eigenvalue weighted by Crippen LogP contribution is -2.24. The van der Waals surface area contributed by atoms with E-state index in [1.54, 1.807) is 6.92 Å². The molecule has 1 amide bonds. The van der Waals surface area contributed by atoms with Gasteiger partial charge >= 0.3 is 0 Å². The summed E-state index contributed by atoms with van der Waals surface area (Å²) < 4.78 is 13.5. The molecule has 4 nitrogen and oxygen atoms in total. The van der Waals surface area contributed by atoms with E-state index in [0.717, 1.165) is 0 Å². The summed E-state index contributed by atoms with van der Waals surface area (Å²) >= 11 is 3.03. The van der Waals surface area contributed by atoms with Crippen molar-refractivity contribution in [3.05, 3.63) is 22.4 Å². The molecule has 0 fully saturated rings. The summed E-state index contributed by atoms with van der Waals surface area (Å²) in [6, 6.07) is 2.55. The van der Waals surface area contributed by atoms with E-state index in [1.165, 1.54) is 12.1 Å². The number of hydrogen-bond donors (Lipinski definition) is 3. The van der Waals surface area contributed by atoms with Crippen molar-refractivity contribution >= 4 is 33.2 Å². The molecule has 0 aromatic heterocycles. The van der Waals surface area contributed by atoms with Crippen LogP contribution in [0.1, 0.15) is 13.3 Å². The number of hydrogen-bond acceptors (Lipinski definition) is 3. The monoisotopic (exact) mass is 289 g/mol. The first-order chi connectivity index (χ1) is 7.40. The first kappa shape index (κ1) is 12.8. The average Bonchev–Trinajstić information content (AvgIpc) is 2.12.